The van der Waals surface area contributed by atoms with Crippen molar-refractivity contribution in [2.24, 2.45) is 0 Å². The summed E-state index contributed by atoms with van der Waals surface area (Å²) in [5.41, 5.74) is 0.458. The average molecular weight is 318 g/mol. The smallest absolute Gasteiger partial charge is 0.329 e. The maximum Gasteiger partial charge on any atom is 0.329 e. The lowest BCUT2D eigenvalue weighted by Gasteiger charge is -2.50. The van der Waals surface area contributed by atoms with Gasteiger partial charge < -0.3 is 20.1 Å². The molecule has 2 heterocycles. The molecule has 6 nitrogen and oxygen atoms in total. The van der Waals surface area contributed by atoms with Crippen molar-refractivity contribution in [3.63, 3.8) is 0 Å². The summed E-state index contributed by atoms with van der Waals surface area (Å²) in [4.78, 5) is 25.5. The lowest BCUT2D eigenvalue weighted by molar-refractivity contribution is -0.172. The SMILES string of the molecule is C[C@@H](OCc1ccccc1)[C@@H](C(=O)O)N1C[C@@]2(CCCN2)C1=O. The number of rotatable bonds is 6. The first kappa shape index (κ1) is 16.0. The van der Waals surface area contributed by atoms with Crippen LogP contribution in [0.5, 0.6) is 0 Å². The molecule has 1 aromatic carbocycles. The Balaban J connectivity index is 1.63. The molecule has 0 aromatic heterocycles. The molecule has 6 heteroatoms. The highest BCUT2D eigenvalue weighted by molar-refractivity contribution is 5.96. The van der Waals surface area contributed by atoms with Crippen molar-refractivity contribution in [2.45, 2.75) is 44.1 Å². The predicted octanol–water partition coefficient (Wildman–Crippen LogP) is 1.01. The Morgan fingerprint density at radius 1 is 1.43 bits per heavy atom. The molecule has 1 amide bonds. The molecule has 1 aromatic rings. The number of carbonyl (C=O) groups is 2. The summed E-state index contributed by atoms with van der Waals surface area (Å²) in [5.74, 6) is -1.13. The van der Waals surface area contributed by atoms with Gasteiger partial charge in [-0.2, -0.15) is 0 Å². The van der Waals surface area contributed by atoms with Gasteiger partial charge in [0.25, 0.3) is 0 Å². The average Bonchev–Trinajstić information content (AvgIpc) is 3.04. The van der Waals surface area contributed by atoms with E-state index >= 15 is 0 Å². The third-order valence-corrected chi connectivity index (χ3v) is 4.74. The zero-order valence-electron chi connectivity index (χ0n) is 13.2. The topological polar surface area (TPSA) is 78.9 Å². The van der Waals surface area contributed by atoms with Crippen molar-refractivity contribution in [3.05, 3.63) is 35.9 Å². The highest BCUT2D eigenvalue weighted by atomic mass is 16.5. The van der Waals surface area contributed by atoms with Gasteiger partial charge in [0.05, 0.1) is 12.7 Å². The second kappa shape index (κ2) is 6.29. The third kappa shape index (κ3) is 2.96. The van der Waals surface area contributed by atoms with Gasteiger partial charge in [-0.05, 0) is 31.9 Å². The van der Waals surface area contributed by atoms with Crippen molar-refractivity contribution in [3.8, 4) is 0 Å². The summed E-state index contributed by atoms with van der Waals surface area (Å²) in [7, 11) is 0. The van der Waals surface area contributed by atoms with Crippen LogP contribution in [0.4, 0.5) is 0 Å². The fourth-order valence-electron chi connectivity index (χ4n) is 3.44. The summed E-state index contributed by atoms with van der Waals surface area (Å²) < 4.78 is 5.71. The van der Waals surface area contributed by atoms with E-state index in [4.69, 9.17) is 4.74 Å². The summed E-state index contributed by atoms with van der Waals surface area (Å²) in [6.45, 7) is 3.30. The van der Waals surface area contributed by atoms with E-state index in [0.29, 0.717) is 13.2 Å². The van der Waals surface area contributed by atoms with Gasteiger partial charge in [-0.3, -0.25) is 4.79 Å². The number of carboxylic acid groups (broad SMARTS) is 1. The Labute approximate surface area is 135 Å². The summed E-state index contributed by atoms with van der Waals surface area (Å²) in [5, 5.41) is 12.7. The van der Waals surface area contributed by atoms with Crippen LogP contribution in [0, 0.1) is 0 Å². The molecule has 2 N–H and O–H groups in total. The number of hydrogen-bond donors (Lipinski definition) is 2. The molecule has 2 saturated heterocycles. The Bertz CT molecular complexity index is 584. The van der Waals surface area contributed by atoms with E-state index in [-0.39, 0.29) is 5.91 Å². The number of β-lactam (4-membered cyclic amide) rings is 1. The number of nitrogens with zero attached hydrogens (tertiary/aromatic N) is 1. The first-order valence-electron chi connectivity index (χ1n) is 7.98. The number of likely N-dealkylation sites (tertiary alicyclic amines) is 1. The van der Waals surface area contributed by atoms with E-state index in [1.165, 1.54) is 4.90 Å². The van der Waals surface area contributed by atoms with Crippen molar-refractivity contribution in [2.75, 3.05) is 13.1 Å². The second-order valence-electron chi connectivity index (χ2n) is 6.33. The highest BCUT2D eigenvalue weighted by Gasteiger charge is 2.57. The van der Waals surface area contributed by atoms with Crippen molar-refractivity contribution >= 4 is 11.9 Å². The van der Waals surface area contributed by atoms with E-state index < -0.39 is 23.7 Å². The standard InChI is InChI=1S/C17H22N2O4/c1-12(23-10-13-6-3-2-4-7-13)14(15(20)21)19-11-17(16(19)22)8-5-9-18-17/h2-4,6-7,12,14,18H,5,8-11H2,1H3,(H,20,21)/t12-,14+,17+/m1/s1. The van der Waals surface area contributed by atoms with Gasteiger partial charge >= 0.3 is 5.97 Å². The normalized spacial score (nSPS) is 26.1. The van der Waals surface area contributed by atoms with E-state index in [2.05, 4.69) is 5.32 Å². The molecule has 3 atom stereocenters. The van der Waals surface area contributed by atoms with Crippen LogP contribution in [0.25, 0.3) is 0 Å². The number of carboxylic acids is 1. The molecule has 124 valence electrons. The maximum atomic E-state index is 12.5. The number of nitrogens with one attached hydrogen (secondary N) is 1. The molecule has 2 fully saturated rings. The number of ether oxygens (including phenoxy) is 1. The van der Waals surface area contributed by atoms with Crippen molar-refractivity contribution in [1.82, 2.24) is 10.2 Å². The van der Waals surface area contributed by atoms with Crippen LogP contribution in [0.1, 0.15) is 25.3 Å². The van der Waals surface area contributed by atoms with Crippen molar-refractivity contribution in [1.29, 1.82) is 0 Å². The van der Waals surface area contributed by atoms with Gasteiger partial charge in [-0.1, -0.05) is 30.3 Å². The van der Waals surface area contributed by atoms with Crippen LogP contribution in [-0.2, 0) is 20.9 Å². The second-order valence-corrected chi connectivity index (χ2v) is 6.33. The summed E-state index contributed by atoms with van der Waals surface area (Å²) in [6.07, 6.45) is 1.17. The van der Waals surface area contributed by atoms with Gasteiger partial charge in [0.1, 0.15) is 5.54 Å². The van der Waals surface area contributed by atoms with E-state index in [9.17, 15) is 14.7 Å². The Morgan fingerprint density at radius 3 is 2.74 bits per heavy atom. The fourth-order valence-corrected chi connectivity index (χ4v) is 3.44. The molecular weight excluding hydrogens is 296 g/mol. The molecule has 3 rings (SSSR count). The molecule has 0 aliphatic carbocycles. The van der Waals surface area contributed by atoms with Crippen LogP contribution >= 0.6 is 0 Å². The van der Waals surface area contributed by atoms with E-state index in [0.717, 1.165) is 24.9 Å². The molecule has 0 saturated carbocycles. The molecule has 2 aliphatic heterocycles. The zero-order chi connectivity index (χ0) is 16.4. The quantitative estimate of drug-likeness (QED) is 0.765. The predicted molar refractivity (Wildman–Crippen MR) is 83.8 cm³/mol. The molecule has 1 spiro atoms. The molecule has 2 aliphatic rings. The minimum absolute atomic E-state index is 0.113. The van der Waals surface area contributed by atoms with Crippen molar-refractivity contribution < 1.29 is 19.4 Å². The minimum atomic E-state index is -1.02. The van der Waals surface area contributed by atoms with Crippen LogP contribution in [0.3, 0.4) is 0 Å². The van der Waals surface area contributed by atoms with Gasteiger partial charge in [0, 0.05) is 6.54 Å². The fraction of sp³-hybridized carbons (Fsp3) is 0.529. The number of amides is 1. The van der Waals surface area contributed by atoms with Crippen LogP contribution < -0.4 is 5.32 Å². The van der Waals surface area contributed by atoms with Gasteiger partial charge in [0.2, 0.25) is 5.91 Å². The van der Waals surface area contributed by atoms with Crippen LogP contribution in [-0.4, -0.2) is 52.7 Å². The largest absolute Gasteiger partial charge is 0.480 e. The van der Waals surface area contributed by atoms with Gasteiger partial charge in [-0.25, -0.2) is 4.79 Å². The van der Waals surface area contributed by atoms with Crippen LogP contribution in [0.15, 0.2) is 30.3 Å². The number of hydrogen-bond acceptors (Lipinski definition) is 4. The first-order valence-corrected chi connectivity index (χ1v) is 7.98. The Kier molecular flexibility index (Phi) is 4.37. The Hall–Kier alpha value is -1.92. The van der Waals surface area contributed by atoms with Crippen LogP contribution in [0.2, 0.25) is 0 Å². The van der Waals surface area contributed by atoms with Gasteiger partial charge in [-0.15, -0.1) is 0 Å². The van der Waals surface area contributed by atoms with E-state index in [1.54, 1.807) is 6.92 Å². The molecular formula is C17H22N2O4. The lowest BCUT2D eigenvalue weighted by atomic mass is 9.85. The number of benzene rings is 1. The Morgan fingerprint density at radius 2 is 2.17 bits per heavy atom. The molecule has 0 radical (unpaired) electrons. The minimum Gasteiger partial charge on any atom is -0.480 e. The molecule has 23 heavy (non-hydrogen) atoms. The zero-order valence-corrected chi connectivity index (χ0v) is 13.2. The lowest BCUT2D eigenvalue weighted by Crippen LogP contribution is -2.75. The highest BCUT2D eigenvalue weighted by Crippen LogP contribution is 2.34. The maximum absolute atomic E-state index is 12.5. The number of aliphatic carboxylic acids is 1. The monoisotopic (exact) mass is 318 g/mol. The van der Waals surface area contributed by atoms with Gasteiger partial charge in [0.15, 0.2) is 6.04 Å². The molecule has 0 unspecified atom stereocenters. The summed E-state index contributed by atoms with van der Waals surface area (Å²) in [6, 6.07) is 8.64. The summed E-state index contributed by atoms with van der Waals surface area (Å²) >= 11 is 0. The molecule has 0 bridgehead atoms. The number of carbonyl (C=O) groups excluding carboxylic acids is 1. The van der Waals surface area contributed by atoms with E-state index in [1.807, 2.05) is 30.3 Å². The third-order valence-electron chi connectivity index (χ3n) is 4.74. The first-order chi connectivity index (χ1) is 11.0.